The number of rotatable bonds is 4. The van der Waals surface area contributed by atoms with Gasteiger partial charge in [-0.2, -0.15) is 0 Å². The maximum atomic E-state index is 11.2. The first-order valence-corrected chi connectivity index (χ1v) is 6.86. The highest BCUT2D eigenvalue weighted by Crippen LogP contribution is 2.31. The number of carbonyl (C=O) groups is 1. The van der Waals surface area contributed by atoms with Gasteiger partial charge in [-0.05, 0) is 42.9 Å². The number of aryl methyl sites for hydroxylation is 1. The molecule has 1 aromatic rings. The lowest BCUT2D eigenvalue weighted by Gasteiger charge is -2.34. The van der Waals surface area contributed by atoms with Crippen LogP contribution >= 0.6 is 0 Å². The Labute approximate surface area is 119 Å². The van der Waals surface area contributed by atoms with E-state index in [1.54, 1.807) is 6.07 Å². The van der Waals surface area contributed by atoms with Crippen molar-refractivity contribution in [3.8, 4) is 0 Å². The third kappa shape index (κ3) is 3.22. The van der Waals surface area contributed by atoms with Gasteiger partial charge in [0.2, 0.25) is 0 Å². The molecule has 0 aromatic heterocycles. The lowest BCUT2D eigenvalue weighted by Crippen LogP contribution is -2.33. The van der Waals surface area contributed by atoms with Gasteiger partial charge in [-0.15, -0.1) is 0 Å². The molecule has 0 aliphatic carbocycles. The fourth-order valence-corrected chi connectivity index (χ4v) is 2.43. The molecule has 4 N–H and O–H groups in total. The number of nitrogens with one attached hydrogen (secondary N) is 1. The fraction of sp³-hybridized carbons (Fsp3) is 0.533. The number of ether oxygens (including phenoxy) is 1. The van der Waals surface area contributed by atoms with Crippen LogP contribution in [0.5, 0.6) is 0 Å². The predicted molar refractivity (Wildman–Crippen MR) is 79.2 cm³/mol. The number of aromatic carboxylic acids is 1. The summed E-state index contributed by atoms with van der Waals surface area (Å²) < 4.78 is 5.38. The van der Waals surface area contributed by atoms with Crippen molar-refractivity contribution in [3.63, 3.8) is 0 Å². The Balaban J connectivity index is 2.11. The van der Waals surface area contributed by atoms with Crippen LogP contribution in [0.4, 0.5) is 11.4 Å². The summed E-state index contributed by atoms with van der Waals surface area (Å²) in [5.74, 6) is -0.994. The van der Waals surface area contributed by atoms with Gasteiger partial charge in [-0.25, -0.2) is 4.79 Å². The van der Waals surface area contributed by atoms with Crippen molar-refractivity contribution in [1.29, 1.82) is 0 Å². The summed E-state index contributed by atoms with van der Waals surface area (Å²) in [6.07, 6.45) is 2.03. The largest absolute Gasteiger partial charge is 0.478 e. The number of carboxylic acids is 1. The minimum absolute atomic E-state index is 0.157. The fourth-order valence-electron chi connectivity index (χ4n) is 2.43. The Hall–Kier alpha value is -1.75. The standard InChI is InChI=1S/C15H22N2O3/c1-10-7-11(8-12(13(10)16)14(18)19)17-9-15(2)3-5-20-6-4-15/h7-8,17H,3-6,9,16H2,1-2H3,(H,18,19). The molecule has 0 saturated carbocycles. The molecule has 0 atom stereocenters. The Morgan fingerprint density at radius 3 is 2.70 bits per heavy atom. The van der Waals surface area contributed by atoms with E-state index >= 15 is 0 Å². The minimum atomic E-state index is -0.994. The van der Waals surface area contributed by atoms with E-state index < -0.39 is 5.97 Å². The van der Waals surface area contributed by atoms with Crippen LogP contribution in [-0.2, 0) is 4.74 Å². The van der Waals surface area contributed by atoms with Crippen molar-refractivity contribution < 1.29 is 14.6 Å². The topological polar surface area (TPSA) is 84.6 Å². The lowest BCUT2D eigenvalue weighted by molar-refractivity contribution is 0.0300. The van der Waals surface area contributed by atoms with Crippen LogP contribution in [0, 0.1) is 12.3 Å². The van der Waals surface area contributed by atoms with Crippen LogP contribution in [0.1, 0.15) is 35.7 Å². The van der Waals surface area contributed by atoms with Crippen molar-refractivity contribution in [1.82, 2.24) is 0 Å². The van der Waals surface area contributed by atoms with E-state index in [9.17, 15) is 4.79 Å². The Morgan fingerprint density at radius 2 is 2.10 bits per heavy atom. The molecule has 5 heteroatoms. The van der Waals surface area contributed by atoms with E-state index in [0.717, 1.165) is 43.9 Å². The number of carboxylic acid groups (broad SMARTS) is 1. The Bertz CT molecular complexity index is 508. The first-order chi connectivity index (χ1) is 9.41. The van der Waals surface area contributed by atoms with Crippen LogP contribution in [0.3, 0.4) is 0 Å². The third-order valence-electron chi connectivity index (χ3n) is 4.04. The van der Waals surface area contributed by atoms with Crippen LogP contribution in [0.15, 0.2) is 12.1 Å². The van der Waals surface area contributed by atoms with Crippen LogP contribution in [0.2, 0.25) is 0 Å². The van der Waals surface area contributed by atoms with Gasteiger partial charge in [0.25, 0.3) is 0 Å². The lowest BCUT2D eigenvalue weighted by atomic mass is 9.82. The molecule has 2 rings (SSSR count). The highest BCUT2D eigenvalue weighted by Gasteiger charge is 2.27. The molecule has 1 aliphatic rings. The zero-order valence-corrected chi connectivity index (χ0v) is 12.0. The summed E-state index contributed by atoms with van der Waals surface area (Å²) >= 11 is 0. The van der Waals surface area contributed by atoms with Crippen molar-refractivity contribution in [3.05, 3.63) is 23.3 Å². The predicted octanol–water partition coefficient (Wildman–Crippen LogP) is 2.50. The number of hydrogen-bond acceptors (Lipinski definition) is 4. The van der Waals surface area contributed by atoms with Gasteiger partial charge in [0, 0.05) is 31.1 Å². The number of anilines is 2. The molecular formula is C15H22N2O3. The SMILES string of the molecule is Cc1cc(NCC2(C)CCOCC2)cc(C(=O)O)c1N. The molecule has 1 heterocycles. The molecule has 1 aromatic carbocycles. The smallest absolute Gasteiger partial charge is 0.337 e. The summed E-state index contributed by atoms with van der Waals surface area (Å²) in [5, 5.41) is 12.5. The van der Waals surface area contributed by atoms with E-state index in [-0.39, 0.29) is 11.0 Å². The van der Waals surface area contributed by atoms with E-state index in [0.29, 0.717) is 5.69 Å². The van der Waals surface area contributed by atoms with E-state index in [2.05, 4.69) is 12.2 Å². The van der Waals surface area contributed by atoms with Gasteiger partial charge in [0.05, 0.1) is 5.56 Å². The van der Waals surface area contributed by atoms with Gasteiger partial charge < -0.3 is 20.9 Å². The first kappa shape index (κ1) is 14.7. The van der Waals surface area contributed by atoms with Gasteiger partial charge in [-0.1, -0.05) is 6.92 Å². The van der Waals surface area contributed by atoms with Gasteiger partial charge in [0.15, 0.2) is 0 Å². The van der Waals surface area contributed by atoms with Crippen LogP contribution in [0.25, 0.3) is 0 Å². The van der Waals surface area contributed by atoms with Gasteiger partial charge >= 0.3 is 5.97 Å². The van der Waals surface area contributed by atoms with Crippen molar-refractivity contribution in [2.24, 2.45) is 5.41 Å². The maximum absolute atomic E-state index is 11.2. The van der Waals surface area contributed by atoms with E-state index in [1.165, 1.54) is 0 Å². The molecular weight excluding hydrogens is 256 g/mol. The van der Waals surface area contributed by atoms with Crippen molar-refractivity contribution in [2.75, 3.05) is 30.8 Å². The Kier molecular flexibility index (Phi) is 4.18. The summed E-state index contributed by atoms with van der Waals surface area (Å²) in [5.41, 5.74) is 8.06. The molecule has 0 radical (unpaired) electrons. The van der Waals surface area contributed by atoms with Crippen molar-refractivity contribution >= 4 is 17.3 Å². The molecule has 1 aliphatic heterocycles. The molecule has 0 bridgehead atoms. The number of nitrogen functional groups attached to an aromatic ring is 1. The average molecular weight is 278 g/mol. The molecule has 0 amide bonds. The summed E-state index contributed by atoms with van der Waals surface area (Å²) in [6, 6.07) is 3.50. The second-order valence-electron chi connectivity index (χ2n) is 5.84. The highest BCUT2D eigenvalue weighted by atomic mass is 16.5. The maximum Gasteiger partial charge on any atom is 0.337 e. The average Bonchev–Trinajstić information content (AvgIpc) is 2.40. The van der Waals surface area contributed by atoms with Crippen LogP contribution in [-0.4, -0.2) is 30.8 Å². The zero-order chi connectivity index (χ0) is 14.8. The third-order valence-corrected chi connectivity index (χ3v) is 4.04. The molecule has 1 saturated heterocycles. The minimum Gasteiger partial charge on any atom is -0.478 e. The monoisotopic (exact) mass is 278 g/mol. The molecule has 0 spiro atoms. The van der Waals surface area contributed by atoms with Gasteiger partial charge in [0.1, 0.15) is 0 Å². The summed E-state index contributed by atoms with van der Waals surface area (Å²) in [4.78, 5) is 11.2. The molecule has 20 heavy (non-hydrogen) atoms. The summed E-state index contributed by atoms with van der Waals surface area (Å²) in [6.45, 7) is 6.44. The number of benzene rings is 1. The number of nitrogens with two attached hydrogens (primary N) is 1. The summed E-state index contributed by atoms with van der Waals surface area (Å²) in [7, 11) is 0. The second kappa shape index (κ2) is 5.71. The Morgan fingerprint density at radius 1 is 1.45 bits per heavy atom. The molecule has 0 unspecified atom stereocenters. The van der Waals surface area contributed by atoms with Gasteiger partial charge in [-0.3, -0.25) is 0 Å². The zero-order valence-electron chi connectivity index (χ0n) is 12.0. The van der Waals surface area contributed by atoms with E-state index in [4.69, 9.17) is 15.6 Å². The number of hydrogen-bond donors (Lipinski definition) is 3. The molecule has 5 nitrogen and oxygen atoms in total. The van der Waals surface area contributed by atoms with Crippen LogP contribution < -0.4 is 11.1 Å². The second-order valence-corrected chi connectivity index (χ2v) is 5.84. The quantitative estimate of drug-likeness (QED) is 0.737. The first-order valence-electron chi connectivity index (χ1n) is 6.86. The normalized spacial score (nSPS) is 17.7. The molecule has 1 fully saturated rings. The van der Waals surface area contributed by atoms with E-state index in [1.807, 2.05) is 13.0 Å². The van der Waals surface area contributed by atoms with Crippen molar-refractivity contribution in [2.45, 2.75) is 26.7 Å². The highest BCUT2D eigenvalue weighted by molar-refractivity contribution is 5.95. The molecule has 110 valence electrons.